The lowest BCUT2D eigenvalue weighted by atomic mass is 10.2. The van der Waals surface area contributed by atoms with E-state index in [0.29, 0.717) is 15.6 Å². The minimum atomic E-state index is -1.02. The number of aromatic carboxylic acids is 1. The smallest absolute Gasteiger partial charge is 0.336 e. The molecule has 7 heteroatoms. The number of hydrogen-bond acceptors (Lipinski definition) is 3. The topological polar surface area (TPSA) is 75.3 Å². The van der Waals surface area contributed by atoms with Crippen LogP contribution >= 0.6 is 35.6 Å². The third-order valence-corrected chi connectivity index (χ3v) is 3.96. The fraction of sp³-hybridized carbons (Fsp3) is 0. The van der Waals surface area contributed by atoms with Gasteiger partial charge in [0.05, 0.1) is 5.56 Å². The van der Waals surface area contributed by atoms with Crippen LogP contribution in [0.3, 0.4) is 0 Å². The molecule has 21 heavy (non-hydrogen) atoms. The van der Waals surface area contributed by atoms with Gasteiger partial charge in [0.15, 0.2) is 5.11 Å². The second kappa shape index (κ2) is 6.80. The maximum atomic E-state index is 11.4. The number of halogens is 1. The van der Waals surface area contributed by atoms with Gasteiger partial charge in [-0.25, -0.2) is 4.79 Å². The molecule has 108 valence electrons. The summed E-state index contributed by atoms with van der Waals surface area (Å²) in [4.78, 5) is 12.9. The lowest BCUT2D eigenvalue weighted by Crippen LogP contribution is -2.19. The molecule has 0 saturated heterocycles. The van der Waals surface area contributed by atoms with Crippen LogP contribution in [0.5, 0.6) is 0 Å². The highest BCUT2D eigenvalue weighted by Crippen LogP contribution is 2.32. The first-order valence-electron chi connectivity index (χ1n) is 5.83. The van der Waals surface area contributed by atoms with Gasteiger partial charge in [-0.2, -0.15) is 0 Å². The molecule has 0 bridgehead atoms. The molecule has 0 unspecified atom stereocenters. The molecule has 2 aromatic rings. The zero-order chi connectivity index (χ0) is 15.4. The zero-order valence-corrected chi connectivity index (χ0v) is 13.1. The van der Waals surface area contributed by atoms with E-state index >= 15 is 0 Å². The van der Waals surface area contributed by atoms with Crippen molar-refractivity contribution in [3.8, 4) is 0 Å². The van der Waals surface area contributed by atoms with Gasteiger partial charge in [-0.15, -0.1) is 0 Å². The van der Waals surface area contributed by atoms with Crippen LogP contribution in [0.1, 0.15) is 10.4 Å². The molecule has 0 fully saturated rings. The average molecular weight is 339 g/mol. The molecule has 0 aliphatic carbocycles. The van der Waals surface area contributed by atoms with E-state index in [2.05, 4.69) is 5.32 Å². The minimum Gasteiger partial charge on any atom is -0.478 e. The van der Waals surface area contributed by atoms with E-state index in [1.165, 1.54) is 17.8 Å². The Kier molecular flexibility index (Phi) is 5.06. The number of nitrogens with one attached hydrogen (secondary N) is 1. The molecule has 0 amide bonds. The summed E-state index contributed by atoms with van der Waals surface area (Å²) in [5, 5.41) is 12.8. The zero-order valence-electron chi connectivity index (χ0n) is 10.7. The van der Waals surface area contributed by atoms with E-state index in [9.17, 15) is 9.90 Å². The lowest BCUT2D eigenvalue weighted by molar-refractivity contribution is 0.0693. The highest BCUT2D eigenvalue weighted by Gasteiger charge is 2.12. The normalized spacial score (nSPS) is 10.1. The predicted octanol–water partition coefficient (Wildman–Crippen LogP) is 3.84. The highest BCUT2D eigenvalue weighted by molar-refractivity contribution is 7.99. The van der Waals surface area contributed by atoms with Gasteiger partial charge in [0.25, 0.3) is 0 Å². The molecule has 0 aromatic heterocycles. The number of rotatable bonds is 4. The number of carbonyl (C=O) groups is 1. The first-order chi connectivity index (χ1) is 9.95. The first kappa shape index (κ1) is 15.6. The van der Waals surface area contributed by atoms with E-state index in [4.69, 9.17) is 29.6 Å². The van der Waals surface area contributed by atoms with Crippen LogP contribution in [0.4, 0.5) is 5.69 Å². The van der Waals surface area contributed by atoms with Crippen molar-refractivity contribution < 1.29 is 9.90 Å². The van der Waals surface area contributed by atoms with Crippen LogP contribution in [0.2, 0.25) is 5.02 Å². The Morgan fingerprint density at radius 2 is 1.90 bits per heavy atom. The number of carboxylic acids is 1. The summed E-state index contributed by atoms with van der Waals surface area (Å²) in [6, 6.07) is 12.1. The van der Waals surface area contributed by atoms with Crippen LogP contribution in [0.15, 0.2) is 52.3 Å². The SMILES string of the molecule is NC(=S)Nc1ccc(Sc2ccc(Cl)cc2)c(C(=O)O)c1. The molecule has 2 rings (SSSR count). The van der Waals surface area contributed by atoms with E-state index in [1.54, 1.807) is 24.3 Å². The Balaban J connectivity index is 2.32. The van der Waals surface area contributed by atoms with Gasteiger partial charge in [0, 0.05) is 20.5 Å². The Labute approximate surface area is 136 Å². The standard InChI is InChI=1S/C14H11ClN2O2S2/c15-8-1-4-10(5-2-8)21-12-6-3-9(17-14(16)20)7-11(12)13(18)19/h1-7H,(H,18,19)(H3,16,17,20). The van der Waals surface area contributed by atoms with Gasteiger partial charge >= 0.3 is 5.97 Å². The van der Waals surface area contributed by atoms with Crippen LogP contribution in [-0.2, 0) is 0 Å². The first-order valence-corrected chi connectivity index (χ1v) is 7.43. The number of nitrogens with two attached hydrogens (primary N) is 1. The minimum absolute atomic E-state index is 0.0874. The van der Waals surface area contributed by atoms with Crippen LogP contribution in [0.25, 0.3) is 0 Å². The van der Waals surface area contributed by atoms with Crippen molar-refractivity contribution in [2.45, 2.75) is 9.79 Å². The van der Waals surface area contributed by atoms with Crippen molar-refractivity contribution in [2.24, 2.45) is 5.73 Å². The van der Waals surface area contributed by atoms with E-state index in [0.717, 1.165) is 4.90 Å². The van der Waals surface area contributed by atoms with Gasteiger partial charge in [-0.3, -0.25) is 0 Å². The van der Waals surface area contributed by atoms with E-state index < -0.39 is 5.97 Å². The molecule has 0 aliphatic rings. The van der Waals surface area contributed by atoms with E-state index in [-0.39, 0.29) is 10.7 Å². The molecular weight excluding hydrogens is 328 g/mol. The summed E-state index contributed by atoms with van der Waals surface area (Å²) < 4.78 is 0. The highest BCUT2D eigenvalue weighted by atomic mass is 35.5. The van der Waals surface area contributed by atoms with Gasteiger partial charge < -0.3 is 16.2 Å². The summed E-state index contributed by atoms with van der Waals surface area (Å²) in [6.07, 6.45) is 0. The van der Waals surface area contributed by atoms with Crippen molar-refractivity contribution in [1.29, 1.82) is 0 Å². The molecule has 4 nitrogen and oxygen atoms in total. The number of anilines is 1. The monoisotopic (exact) mass is 338 g/mol. The molecule has 0 spiro atoms. The number of thiocarbonyl (C=S) groups is 1. The largest absolute Gasteiger partial charge is 0.478 e. The summed E-state index contributed by atoms with van der Waals surface area (Å²) in [5.41, 5.74) is 6.10. The summed E-state index contributed by atoms with van der Waals surface area (Å²) in [5.74, 6) is -1.02. The van der Waals surface area contributed by atoms with E-state index in [1.807, 2.05) is 12.1 Å². The molecule has 0 radical (unpaired) electrons. The quantitative estimate of drug-likeness (QED) is 0.735. The fourth-order valence-corrected chi connectivity index (χ4v) is 2.80. The average Bonchev–Trinajstić information content (AvgIpc) is 2.42. The third kappa shape index (κ3) is 4.35. The Hall–Kier alpha value is -1.76. The lowest BCUT2D eigenvalue weighted by Gasteiger charge is -2.09. The van der Waals surface area contributed by atoms with Crippen molar-refractivity contribution in [3.63, 3.8) is 0 Å². The summed E-state index contributed by atoms with van der Waals surface area (Å²) >= 11 is 11.9. The number of hydrogen-bond donors (Lipinski definition) is 3. The molecule has 0 heterocycles. The second-order valence-electron chi connectivity index (χ2n) is 4.06. The predicted molar refractivity (Wildman–Crippen MR) is 89.4 cm³/mol. The fourth-order valence-electron chi connectivity index (χ4n) is 1.64. The summed E-state index contributed by atoms with van der Waals surface area (Å²) in [7, 11) is 0. The van der Waals surface area contributed by atoms with Gasteiger partial charge in [-0.1, -0.05) is 23.4 Å². The van der Waals surface area contributed by atoms with Crippen molar-refractivity contribution in [1.82, 2.24) is 0 Å². The van der Waals surface area contributed by atoms with Gasteiger partial charge in [-0.05, 0) is 54.7 Å². The molecule has 4 N–H and O–H groups in total. The van der Waals surface area contributed by atoms with Crippen molar-refractivity contribution in [2.75, 3.05) is 5.32 Å². The van der Waals surface area contributed by atoms with Gasteiger partial charge in [0.2, 0.25) is 0 Å². The maximum absolute atomic E-state index is 11.4. The number of benzene rings is 2. The Morgan fingerprint density at radius 3 is 2.48 bits per heavy atom. The maximum Gasteiger partial charge on any atom is 0.336 e. The Morgan fingerprint density at radius 1 is 1.24 bits per heavy atom. The number of carboxylic acid groups (broad SMARTS) is 1. The van der Waals surface area contributed by atoms with Crippen LogP contribution < -0.4 is 11.1 Å². The molecule has 0 saturated carbocycles. The third-order valence-electron chi connectivity index (χ3n) is 2.52. The second-order valence-corrected chi connectivity index (χ2v) is 6.05. The van der Waals surface area contributed by atoms with Crippen LogP contribution in [0, 0.1) is 0 Å². The molecule has 2 aromatic carbocycles. The summed E-state index contributed by atoms with van der Waals surface area (Å²) in [6.45, 7) is 0. The molecular formula is C14H11ClN2O2S2. The Bertz CT molecular complexity index is 690. The van der Waals surface area contributed by atoms with Crippen LogP contribution in [-0.4, -0.2) is 16.2 Å². The van der Waals surface area contributed by atoms with Crippen molar-refractivity contribution >= 4 is 52.3 Å². The molecule has 0 aliphatic heterocycles. The van der Waals surface area contributed by atoms with Gasteiger partial charge in [0.1, 0.15) is 0 Å². The van der Waals surface area contributed by atoms with Crippen molar-refractivity contribution in [3.05, 3.63) is 53.1 Å². The molecule has 0 atom stereocenters.